The molecular weight excluding hydrogens is 296 g/mol. The van der Waals surface area contributed by atoms with Crippen molar-refractivity contribution in [3.05, 3.63) is 27.9 Å². The predicted octanol–water partition coefficient (Wildman–Crippen LogP) is 1.69. The number of aromatic nitrogens is 1. The fourth-order valence-electron chi connectivity index (χ4n) is 1.75. The van der Waals surface area contributed by atoms with E-state index in [0.29, 0.717) is 18.7 Å². The second-order valence-electron chi connectivity index (χ2n) is 4.14. The zero-order valence-electron chi connectivity index (χ0n) is 10.9. The lowest BCUT2D eigenvalue weighted by Gasteiger charge is -2.20. The second kappa shape index (κ2) is 7.49. The second-order valence-corrected chi connectivity index (χ2v) is 5.78. The number of carbonyl (C=O) groups excluding carboxylic acids is 1. The number of amides is 1. The number of carbonyl (C=O) groups is 1. The topological polar surface area (TPSA) is 73.7 Å². The van der Waals surface area contributed by atoms with Crippen molar-refractivity contribution in [2.45, 2.75) is 6.42 Å². The highest BCUT2D eigenvalue weighted by atomic mass is 32.1. The number of nitrogens with zero attached hydrogens (tertiary/aromatic N) is 2. The van der Waals surface area contributed by atoms with Crippen LogP contribution < -0.4 is 0 Å². The molecule has 2 aromatic rings. The summed E-state index contributed by atoms with van der Waals surface area (Å²) in [5.74, 6) is -0.203. The van der Waals surface area contributed by atoms with Gasteiger partial charge in [-0.2, -0.15) is 11.3 Å². The van der Waals surface area contributed by atoms with E-state index >= 15 is 0 Å². The maximum atomic E-state index is 12.3. The summed E-state index contributed by atoms with van der Waals surface area (Å²) in [6, 6.07) is 1.97. The van der Waals surface area contributed by atoms with Gasteiger partial charge in [0, 0.05) is 36.0 Å². The van der Waals surface area contributed by atoms with Crippen LogP contribution in [0.4, 0.5) is 0 Å². The molecule has 0 aromatic carbocycles. The SMILES string of the molecule is O=C(c1csc(-c2ccsc2)n1)N(CCO)CCCO. The van der Waals surface area contributed by atoms with Crippen molar-refractivity contribution in [2.75, 3.05) is 26.3 Å². The molecule has 0 atom stereocenters. The Morgan fingerprint density at radius 3 is 2.75 bits per heavy atom. The van der Waals surface area contributed by atoms with Crippen molar-refractivity contribution in [3.8, 4) is 10.6 Å². The fourth-order valence-corrected chi connectivity index (χ4v) is 3.26. The van der Waals surface area contributed by atoms with Gasteiger partial charge in [0.1, 0.15) is 10.7 Å². The third-order valence-electron chi connectivity index (χ3n) is 2.73. The Morgan fingerprint density at radius 2 is 2.10 bits per heavy atom. The quantitative estimate of drug-likeness (QED) is 0.816. The molecule has 0 fully saturated rings. The zero-order chi connectivity index (χ0) is 14.4. The summed E-state index contributed by atoms with van der Waals surface area (Å²) < 4.78 is 0. The lowest BCUT2D eigenvalue weighted by Crippen LogP contribution is -2.35. The molecule has 2 rings (SSSR count). The van der Waals surface area contributed by atoms with Crippen LogP contribution in [-0.4, -0.2) is 52.3 Å². The smallest absolute Gasteiger partial charge is 0.273 e. The van der Waals surface area contributed by atoms with Gasteiger partial charge in [-0.3, -0.25) is 4.79 Å². The summed E-state index contributed by atoms with van der Waals surface area (Å²) in [4.78, 5) is 18.2. The van der Waals surface area contributed by atoms with E-state index in [1.54, 1.807) is 16.7 Å². The van der Waals surface area contributed by atoms with E-state index in [0.717, 1.165) is 10.6 Å². The number of aliphatic hydroxyl groups is 2. The maximum Gasteiger partial charge on any atom is 0.273 e. The standard InChI is InChI=1S/C13H16N2O3S2/c16-5-1-3-15(4-6-17)13(18)11-9-20-12(14-11)10-2-7-19-8-10/h2,7-9,16-17H,1,3-6H2. The number of hydrogen-bond acceptors (Lipinski definition) is 6. The van der Waals surface area contributed by atoms with Crippen molar-refractivity contribution in [3.63, 3.8) is 0 Å². The highest BCUT2D eigenvalue weighted by molar-refractivity contribution is 7.14. The number of aliphatic hydroxyl groups excluding tert-OH is 2. The number of thiophene rings is 1. The Balaban J connectivity index is 2.10. The molecule has 2 aromatic heterocycles. The van der Waals surface area contributed by atoms with Crippen LogP contribution in [0, 0.1) is 0 Å². The van der Waals surface area contributed by atoms with Crippen LogP contribution in [0.15, 0.2) is 22.2 Å². The van der Waals surface area contributed by atoms with E-state index in [1.165, 1.54) is 16.2 Å². The molecule has 0 aliphatic rings. The summed E-state index contributed by atoms with van der Waals surface area (Å²) in [6.07, 6.45) is 0.493. The van der Waals surface area contributed by atoms with E-state index in [1.807, 2.05) is 16.8 Å². The summed E-state index contributed by atoms with van der Waals surface area (Å²) >= 11 is 3.02. The molecule has 20 heavy (non-hydrogen) atoms. The molecule has 108 valence electrons. The van der Waals surface area contributed by atoms with E-state index in [4.69, 9.17) is 10.2 Å². The average Bonchev–Trinajstić information content (AvgIpc) is 3.12. The Hall–Kier alpha value is -1.28. The molecule has 0 aliphatic heterocycles. The van der Waals surface area contributed by atoms with Gasteiger partial charge < -0.3 is 15.1 Å². The van der Waals surface area contributed by atoms with Crippen LogP contribution in [0.2, 0.25) is 0 Å². The third kappa shape index (κ3) is 3.63. The van der Waals surface area contributed by atoms with Crippen LogP contribution in [-0.2, 0) is 0 Å². The minimum absolute atomic E-state index is 0.0203. The van der Waals surface area contributed by atoms with Gasteiger partial charge in [0.2, 0.25) is 0 Å². The summed E-state index contributed by atoms with van der Waals surface area (Å²) in [5, 5.41) is 24.4. The highest BCUT2D eigenvalue weighted by Gasteiger charge is 2.18. The van der Waals surface area contributed by atoms with Gasteiger partial charge >= 0.3 is 0 Å². The minimum atomic E-state index is -0.203. The molecule has 0 saturated carbocycles. The Kier molecular flexibility index (Phi) is 5.66. The van der Waals surface area contributed by atoms with Gasteiger partial charge in [-0.15, -0.1) is 11.3 Å². The van der Waals surface area contributed by atoms with Crippen molar-refractivity contribution in [2.24, 2.45) is 0 Å². The van der Waals surface area contributed by atoms with Gasteiger partial charge in [0.25, 0.3) is 5.91 Å². The highest BCUT2D eigenvalue weighted by Crippen LogP contribution is 2.26. The van der Waals surface area contributed by atoms with Crippen LogP contribution >= 0.6 is 22.7 Å². The molecule has 2 heterocycles. The largest absolute Gasteiger partial charge is 0.396 e. The van der Waals surface area contributed by atoms with Gasteiger partial charge in [0.05, 0.1) is 6.61 Å². The monoisotopic (exact) mass is 312 g/mol. The summed E-state index contributed by atoms with van der Waals surface area (Å²) in [5.41, 5.74) is 1.41. The number of rotatable bonds is 7. The number of thiazole rings is 1. The normalized spacial score (nSPS) is 10.7. The minimum Gasteiger partial charge on any atom is -0.396 e. The molecule has 0 aliphatic carbocycles. The molecule has 0 spiro atoms. The lowest BCUT2D eigenvalue weighted by molar-refractivity contribution is 0.0705. The van der Waals surface area contributed by atoms with Crippen molar-refractivity contribution < 1.29 is 15.0 Å². The van der Waals surface area contributed by atoms with E-state index in [2.05, 4.69) is 4.98 Å². The fraction of sp³-hybridized carbons (Fsp3) is 0.385. The molecule has 5 nitrogen and oxygen atoms in total. The van der Waals surface area contributed by atoms with Crippen LogP contribution in [0.25, 0.3) is 10.6 Å². The Labute approximate surface area is 125 Å². The van der Waals surface area contributed by atoms with Gasteiger partial charge in [-0.05, 0) is 17.9 Å². The van der Waals surface area contributed by atoms with E-state index in [9.17, 15) is 4.79 Å². The first-order valence-corrected chi connectivity index (χ1v) is 8.07. The zero-order valence-corrected chi connectivity index (χ0v) is 12.5. The Bertz CT molecular complexity index is 540. The summed E-state index contributed by atoms with van der Waals surface area (Å²) in [7, 11) is 0. The third-order valence-corrected chi connectivity index (χ3v) is 4.31. The first-order valence-electron chi connectivity index (χ1n) is 6.25. The maximum absolute atomic E-state index is 12.3. The molecule has 0 unspecified atom stereocenters. The molecule has 0 radical (unpaired) electrons. The molecule has 2 N–H and O–H groups in total. The van der Waals surface area contributed by atoms with Gasteiger partial charge in [-0.25, -0.2) is 4.98 Å². The first-order chi connectivity index (χ1) is 9.76. The average molecular weight is 312 g/mol. The van der Waals surface area contributed by atoms with E-state index < -0.39 is 0 Å². The lowest BCUT2D eigenvalue weighted by atomic mass is 10.3. The van der Waals surface area contributed by atoms with Gasteiger partial charge in [0.15, 0.2) is 0 Å². The van der Waals surface area contributed by atoms with Crippen LogP contribution in [0.3, 0.4) is 0 Å². The van der Waals surface area contributed by atoms with Gasteiger partial charge in [-0.1, -0.05) is 0 Å². The van der Waals surface area contributed by atoms with Crippen molar-refractivity contribution >= 4 is 28.6 Å². The molecular formula is C13H16N2O3S2. The van der Waals surface area contributed by atoms with Crippen LogP contribution in [0.5, 0.6) is 0 Å². The first kappa shape index (κ1) is 15.1. The van der Waals surface area contributed by atoms with Crippen molar-refractivity contribution in [1.82, 2.24) is 9.88 Å². The molecule has 1 amide bonds. The summed E-state index contributed by atoms with van der Waals surface area (Å²) in [6.45, 7) is 0.594. The van der Waals surface area contributed by atoms with E-state index in [-0.39, 0.29) is 25.7 Å². The molecule has 0 bridgehead atoms. The molecule has 7 heteroatoms. The molecule has 0 saturated heterocycles. The Morgan fingerprint density at radius 1 is 1.25 bits per heavy atom. The van der Waals surface area contributed by atoms with Crippen molar-refractivity contribution in [1.29, 1.82) is 0 Å². The predicted molar refractivity (Wildman–Crippen MR) is 80.1 cm³/mol. The van der Waals surface area contributed by atoms with Crippen LogP contribution in [0.1, 0.15) is 16.9 Å². The number of hydrogen-bond donors (Lipinski definition) is 2.